The van der Waals surface area contributed by atoms with Crippen LogP contribution in [0.25, 0.3) is 22.6 Å². The summed E-state index contributed by atoms with van der Waals surface area (Å²) in [5.74, 6) is 3.43. The number of ether oxygens (including phenoxy) is 1. The molecule has 0 aliphatic carbocycles. The molecule has 1 aromatic carbocycles. The smallest absolute Gasteiger partial charge is 0.163 e. The number of aliphatic hydroxyl groups is 1. The quantitative estimate of drug-likeness (QED) is 0.305. The number of hydrogen-bond acceptors (Lipinski definition) is 10. The molecule has 0 saturated heterocycles. The van der Waals surface area contributed by atoms with E-state index < -0.39 is 6.10 Å². The first-order valence-corrected chi connectivity index (χ1v) is 13.5. The van der Waals surface area contributed by atoms with Gasteiger partial charge in [-0.15, -0.1) is 0 Å². The van der Waals surface area contributed by atoms with E-state index in [0.717, 1.165) is 39.7 Å². The first-order chi connectivity index (χ1) is 19.2. The molecule has 10 nitrogen and oxygen atoms in total. The molecule has 0 fully saturated rings. The molecule has 4 heterocycles. The number of pyridine rings is 1. The molecule has 2 N–H and O–H groups in total. The molecular formula is C29H34ClN7O3. The summed E-state index contributed by atoms with van der Waals surface area (Å²) in [5, 5.41) is 17.7. The van der Waals surface area contributed by atoms with Crippen molar-refractivity contribution in [3.05, 3.63) is 63.6 Å². The maximum absolute atomic E-state index is 10.1. The lowest BCUT2D eigenvalue weighted by Crippen LogP contribution is -2.29. The van der Waals surface area contributed by atoms with Crippen LogP contribution in [-0.4, -0.2) is 65.6 Å². The van der Waals surface area contributed by atoms with E-state index in [2.05, 4.69) is 26.4 Å². The predicted octanol–water partition coefficient (Wildman–Crippen LogP) is 4.32. The molecule has 11 heteroatoms. The molecule has 210 valence electrons. The monoisotopic (exact) mass is 563 g/mol. The van der Waals surface area contributed by atoms with Crippen LogP contribution in [-0.2, 0) is 13.1 Å². The van der Waals surface area contributed by atoms with Gasteiger partial charge in [0.05, 0.1) is 22.0 Å². The number of rotatable bonds is 9. The Kier molecular flexibility index (Phi) is 7.93. The third-order valence-electron chi connectivity index (χ3n) is 7.00. The highest BCUT2D eigenvalue weighted by Crippen LogP contribution is 2.39. The van der Waals surface area contributed by atoms with Crippen molar-refractivity contribution >= 4 is 23.2 Å². The van der Waals surface area contributed by atoms with Crippen LogP contribution in [0.5, 0.6) is 5.75 Å². The summed E-state index contributed by atoms with van der Waals surface area (Å²) in [7, 11) is 5.76. The summed E-state index contributed by atoms with van der Waals surface area (Å²) in [5.41, 5.74) is 6.27. The lowest BCUT2D eigenvalue weighted by atomic mass is 10.0. The molecule has 1 atom stereocenters. The number of likely N-dealkylation sites (N-methyl/N-ethyl adjacent to an activating group) is 1. The molecule has 5 rings (SSSR count). The number of fused-ring (bicyclic) bond motifs is 1. The average Bonchev–Trinajstić information content (AvgIpc) is 3.50. The van der Waals surface area contributed by atoms with Crippen LogP contribution in [0.15, 0.2) is 35.0 Å². The van der Waals surface area contributed by atoms with Gasteiger partial charge in [0.1, 0.15) is 35.9 Å². The molecule has 0 saturated carbocycles. The van der Waals surface area contributed by atoms with Gasteiger partial charge in [0.15, 0.2) is 5.82 Å². The van der Waals surface area contributed by atoms with Crippen molar-refractivity contribution in [2.45, 2.75) is 40.0 Å². The van der Waals surface area contributed by atoms with E-state index in [0.29, 0.717) is 47.6 Å². The molecule has 0 bridgehead atoms. The molecule has 40 heavy (non-hydrogen) atoms. The van der Waals surface area contributed by atoms with Gasteiger partial charge < -0.3 is 29.5 Å². The summed E-state index contributed by atoms with van der Waals surface area (Å²) < 4.78 is 11.4. The molecule has 0 unspecified atom stereocenters. The Morgan fingerprint density at radius 1 is 1.15 bits per heavy atom. The normalized spacial score (nSPS) is 13.4. The van der Waals surface area contributed by atoms with Crippen LogP contribution in [0, 0.1) is 20.8 Å². The molecule has 0 spiro atoms. The first-order valence-electron chi connectivity index (χ1n) is 13.1. The fourth-order valence-corrected chi connectivity index (χ4v) is 5.12. The summed E-state index contributed by atoms with van der Waals surface area (Å²) in [6, 6.07) is 7.47. The van der Waals surface area contributed by atoms with Crippen molar-refractivity contribution in [1.29, 1.82) is 0 Å². The Morgan fingerprint density at radius 2 is 1.93 bits per heavy atom. The van der Waals surface area contributed by atoms with E-state index in [1.165, 1.54) is 5.56 Å². The Morgan fingerprint density at radius 3 is 2.62 bits per heavy atom. The van der Waals surface area contributed by atoms with E-state index in [9.17, 15) is 5.11 Å². The first kappa shape index (κ1) is 27.8. The number of aromatic nitrogens is 4. The van der Waals surface area contributed by atoms with Gasteiger partial charge in [-0.2, -0.15) is 0 Å². The number of anilines is 2. The molecule has 4 aromatic rings. The molecule has 0 amide bonds. The van der Waals surface area contributed by atoms with Crippen LogP contribution in [0.2, 0.25) is 5.02 Å². The van der Waals surface area contributed by atoms with E-state index in [-0.39, 0.29) is 6.61 Å². The number of nitrogens with one attached hydrogen (secondary N) is 1. The molecule has 3 aromatic heterocycles. The van der Waals surface area contributed by atoms with Gasteiger partial charge in [-0.05, 0) is 63.2 Å². The molecule has 1 aliphatic rings. The number of aryl methyl sites for hydroxylation is 2. The van der Waals surface area contributed by atoms with Crippen molar-refractivity contribution in [1.82, 2.24) is 25.4 Å². The van der Waals surface area contributed by atoms with Gasteiger partial charge in [-0.3, -0.25) is 0 Å². The lowest BCUT2D eigenvalue weighted by molar-refractivity contribution is 0.108. The topological polar surface area (TPSA) is 113 Å². The average molecular weight is 564 g/mol. The number of hydrogen-bond donors (Lipinski definition) is 2. The zero-order valence-corrected chi connectivity index (χ0v) is 24.4. The van der Waals surface area contributed by atoms with E-state index in [1.807, 2.05) is 52.0 Å². The van der Waals surface area contributed by atoms with Gasteiger partial charge in [-0.25, -0.2) is 15.0 Å². The Labute approximate surface area is 239 Å². The van der Waals surface area contributed by atoms with Crippen molar-refractivity contribution in [3.8, 4) is 28.4 Å². The van der Waals surface area contributed by atoms with Crippen molar-refractivity contribution in [3.63, 3.8) is 0 Å². The van der Waals surface area contributed by atoms with E-state index in [1.54, 1.807) is 19.2 Å². The third-order valence-corrected chi connectivity index (χ3v) is 7.33. The highest BCUT2D eigenvalue weighted by molar-refractivity contribution is 6.33. The summed E-state index contributed by atoms with van der Waals surface area (Å²) >= 11 is 6.70. The number of nitrogens with zero attached hydrogens (tertiary/aromatic N) is 6. The van der Waals surface area contributed by atoms with Crippen LogP contribution in [0.1, 0.15) is 28.1 Å². The second-order valence-electron chi connectivity index (χ2n) is 10.3. The largest absolute Gasteiger partial charge is 0.491 e. The SMILES string of the molecule is CNC[C@@H](O)COc1ccc(Cl)c(-c2nc(-c3c(C)noc3C)c(C)c(N3Cc4cnc(N(C)C)cc4C3)n2)c1. The van der Waals surface area contributed by atoms with Gasteiger partial charge in [0.25, 0.3) is 0 Å². The minimum atomic E-state index is -0.642. The van der Waals surface area contributed by atoms with E-state index >= 15 is 0 Å². The molecule has 0 radical (unpaired) electrons. The Bertz CT molecular complexity index is 1520. The lowest BCUT2D eigenvalue weighted by Gasteiger charge is -2.22. The zero-order chi connectivity index (χ0) is 28.6. The minimum Gasteiger partial charge on any atom is -0.491 e. The molecular weight excluding hydrogens is 530 g/mol. The summed E-state index contributed by atoms with van der Waals surface area (Å²) in [6.45, 7) is 7.75. The standard InChI is InChI=1S/C29H34ClN7O3/c1-16-27(26-17(2)35-40-18(26)3)33-28(23-10-22(7-8-24(23)30)39-15-21(38)12-31-4)34-29(16)37-13-19-9-25(36(5)6)32-11-20(19)14-37/h7-11,21,31,38H,12-15H2,1-6H3/t21-/m1/s1. The van der Waals surface area contributed by atoms with E-state index in [4.69, 9.17) is 30.8 Å². The van der Waals surface area contributed by atoms with Gasteiger partial charge in [0, 0.05) is 51.1 Å². The maximum atomic E-state index is 10.1. The maximum Gasteiger partial charge on any atom is 0.163 e. The number of aliphatic hydroxyl groups excluding tert-OH is 1. The number of benzene rings is 1. The third kappa shape index (κ3) is 5.47. The fourth-order valence-electron chi connectivity index (χ4n) is 4.91. The van der Waals surface area contributed by atoms with Gasteiger partial charge in [-0.1, -0.05) is 16.8 Å². The van der Waals surface area contributed by atoms with Crippen molar-refractivity contribution < 1.29 is 14.4 Å². The second kappa shape index (κ2) is 11.4. The minimum absolute atomic E-state index is 0.140. The van der Waals surface area contributed by atoms with Crippen LogP contribution in [0.3, 0.4) is 0 Å². The zero-order valence-electron chi connectivity index (χ0n) is 23.6. The summed E-state index contributed by atoms with van der Waals surface area (Å²) in [4.78, 5) is 18.9. The van der Waals surface area contributed by atoms with Crippen LogP contribution in [0.4, 0.5) is 11.6 Å². The highest BCUT2D eigenvalue weighted by Gasteiger charge is 2.27. The molecule has 1 aliphatic heterocycles. The Balaban J connectivity index is 1.59. The van der Waals surface area contributed by atoms with Crippen LogP contribution < -0.4 is 19.9 Å². The fraction of sp³-hybridized carbons (Fsp3) is 0.379. The van der Waals surface area contributed by atoms with Gasteiger partial charge in [0.2, 0.25) is 0 Å². The highest BCUT2D eigenvalue weighted by atomic mass is 35.5. The summed E-state index contributed by atoms with van der Waals surface area (Å²) in [6.07, 6.45) is 1.30. The van der Waals surface area contributed by atoms with Crippen LogP contribution >= 0.6 is 11.6 Å². The van der Waals surface area contributed by atoms with Crippen molar-refractivity contribution in [2.24, 2.45) is 0 Å². The predicted molar refractivity (Wildman–Crippen MR) is 156 cm³/mol. The van der Waals surface area contributed by atoms with Gasteiger partial charge >= 0.3 is 0 Å². The van der Waals surface area contributed by atoms with Crippen molar-refractivity contribution in [2.75, 3.05) is 44.1 Å². The second-order valence-corrected chi connectivity index (χ2v) is 10.7. The Hall–Kier alpha value is -3.73. The number of halogens is 1.